The van der Waals surface area contributed by atoms with E-state index in [9.17, 15) is 9.46 Å². The molecule has 6 heteroatoms. The fraction of sp³-hybridized carbons (Fsp3) is 0.455. The first kappa shape index (κ1) is 23.5. The van der Waals surface area contributed by atoms with Gasteiger partial charge >= 0.3 is 37.4 Å². The molecule has 0 atom stereocenters. The third kappa shape index (κ3) is 5.04. The molecular weight excluding hydrogens is 382 g/mol. The van der Waals surface area contributed by atoms with Gasteiger partial charge in [0.05, 0.1) is 0 Å². The van der Waals surface area contributed by atoms with Gasteiger partial charge in [-0.15, -0.1) is 0 Å². The van der Waals surface area contributed by atoms with Crippen molar-refractivity contribution >= 4 is 7.82 Å². The summed E-state index contributed by atoms with van der Waals surface area (Å²) < 4.78 is 23.5. The van der Waals surface area contributed by atoms with Crippen LogP contribution in [0.15, 0.2) is 24.3 Å². The smallest absolute Gasteiger partial charge is 0.736 e. The second kappa shape index (κ2) is 8.93. The van der Waals surface area contributed by atoms with Crippen molar-refractivity contribution in [3.05, 3.63) is 57.6 Å². The summed E-state index contributed by atoms with van der Waals surface area (Å²) in [6, 6.07) is 8.13. The molecule has 0 N–H and O–H groups in total. The third-order valence-electron chi connectivity index (χ3n) is 5.15. The molecule has 2 aromatic rings. The van der Waals surface area contributed by atoms with Crippen LogP contribution in [0.5, 0.6) is 11.5 Å². The zero-order chi connectivity index (χ0) is 19.9. The Morgan fingerprint density at radius 1 is 0.821 bits per heavy atom. The minimum atomic E-state index is -4.53. The Bertz CT molecular complexity index is 850. The molecule has 0 aliphatic carbocycles. The third-order valence-corrected chi connectivity index (χ3v) is 5.96. The Morgan fingerprint density at radius 2 is 1.18 bits per heavy atom. The Balaban J connectivity index is 0.00000280. The first-order chi connectivity index (χ1) is 12.6. The zero-order valence-electron chi connectivity index (χ0n) is 18.0. The molecule has 0 unspecified atom stereocenters. The molecule has 0 saturated heterocycles. The first-order valence-electron chi connectivity index (χ1n) is 9.54. The van der Waals surface area contributed by atoms with Gasteiger partial charge in [-0.1, -0.05) is 52.0 Å². The fourth-order valence-electron chi connectivity index (χ4n) is 3.57. The predicted molar refractivity (Wildman–Crippen MR) is 107 cm³/mol. The molecule has 1 heterocycles. The quantitative estimate of drug-likeness (QED) is 0.564. The summed E-state index contributed by atoms with van der Waals surface area (Å²) in [5.74, 6) is 1.54. The van der Waals surface area contributed by atoms with E-state index in [-0.39, 0.29) is 29.6 Å². The summed E-state index contributed by atoms with van der Waals surface area (Å²) in [5, 5.41) is 0. The number of hydrogen-bond donors (Lipinski definition) is 0. The van der Waals surface area contributed by atoms with Gasteiger partial charge in [-0.3, -0.25) is 0 Å². The van der Waals surface area contributed by atoms with Crippen molar-refractivity contribution in [1.29, 1.82) is 0 Å². The standard InChI is InChI=1S/C22H29O4P.Na/c1-13(2)19-9-15(5)21-17(11-19)7-8-18-12-20(14(3)4)10-16(6)22(18)26-27(23,24)25-21;/h9-14H,7-8H2,1-6H3,(H,23,24);/q;+1/p-1. The number of aryl methyl sites for hydroxylation is 4. The molecule has 28 heavy (non-hydrogen) atoms. The Labute approximate surface area is 190 Å². The van der Waals surface area contributed by atoms with Gasteiger partial charge in [0.25, 0.3) is 0 Å². The SMILES string of the molecule is Cc1cc(C(C)C)cc2c1OP(=O)([O-])Oc1c(C)cc(C(C)C)cc1CC2.[Na+]. The topological polar surface area (TPSA) is 58.6 Å². The van der Waals surface area contributed by atoms with Gasteiger partial charge < -0.3 is 13.9 Å². The van der Waals surface area contributed by atoms with Crippen LogP contribution in [-0.4, -0.2) is 0 Å². The number of phosphoric acid groups is 1. The monoisotopic (exact) mass is 410 g/mol. The maximum absolute atomic E-state index is 12.6. The molecule has 146 valence electrons. The van der Waals surface area contributed by atoms with E-state index in [1.165, 1.54) is 11.1 Å². The molecule has 0 bridgehead atoms. The Morgan fingerprint density at radius 3 is 1.50 bits per heavy atom. The van der Waals surface area contributed by atoms with Crippen LogP contribution in [0.2, 0.25) is 0 Å². The molecule has 0 aromatic heterocycles. The molecule has 0 fully saturated rings. The van der Waals surface area contributed by atoms with Gasteiger partial charge in [0.1, 0.15) is 11.5 Å². The van der Waals surface area contributed by atoms with Crippen LogP contribution in [0, 0.1) is 13.8 Å². The van der Waals surface area contributed by atoms with Crippen molar-refractivity contribution in [2.24, 2.45) is 0 Å². The van der Waals surface area contributed by atoms with Crippen LogP contribution < -0.4 is 43.5 Å². The molecule has 2 aromatic carbocycles. The number of fused-ring (bicyclic) bond motifs is 2. The minimum Gasteiger partial charge on any atom is -0.736 e. The summed E-state index contributed by atoms with van der Waals surface area (Å²) >= 11 is 0. The van der Waals surface area contributed by atoms with E-state index >= 15 is 0 Å². The van der Waals surface area contributed by atoms with Crippen LogP contribution in [0.1, 0.15) is 72.9 Å². The summed E-state index contributed by atoms with van der Waals surface area (Å²) in [5.41, 5.74) is 5.84. The minimum absolute atomic E-state index is 0. The van der Waals surface area contributed by atoms with Crippen LogP contribution in [0.4, 0.5) is 0 Å². The summed E-state index contributed by atoms with van der Waals surface area (Å²) in [4.78, 5) is 12.6. The normalized spacial score (nSPS) is 15.3. The number of rotatable bonds is 2. The average molecular weight is 410 g/mol. The van der Waals surface area contributed by atoms with Gasteiger partial charge in [0.2, 0.25) is 0 Å². The Hall–Kier alpha value is -0.770. The van der Waals surface area contributed by atoms with E-state index < -0.39 is 7.82 Å². The molecule has 3 rings (SSSR count). The molecule has 1 aliphatic heterocycles. The fourth-order valence-corrected chi connectivity index (χ4v) is 4.57. The largest absolute Gasteiger partial charge is 1.00 e. The molecular formula is C22H28NaO4P. The van der Waals surface area contributed by atoms with Crippen molar-refractivity contribution in [2.45, 2.75) is 66.2 Å². The summed E-state index contributed by atoms with van der Waals surface area (Å²) in [6.45, 7) is 12.3. The van der Waals surface area contributed by atoms with Gasteiger partial charge in [0, 0.05) is 0 Å². The van der Waals surface area contributed by atoms with Crippen molar-refractivity contribution < 1.29 is 48.1 Å². The van der Waals surface area contributed by atoms with Crippen molar-refractivity contribution in [3.63, 3.8) is 0 Å². The molecule has 1 aliphatic rings. The van der Waals surface area contributed by atoms with E-state index in [4.69, 9.17) is 9.05 Å². The number of phosphoric ester groups is 1. The van der Waals surface area contributed by atoms with Gasteiger partial charge in [-0.05, 0) is 71.9 Å². The van der Waals surface area contributed by atoms with E-state index in [1.54, 1.807) is 0 Å². The number of hydrogen-bond acceptors (Lipinski definition) is 4. The van der Waals surface area contributed by atoms with Crippen LogP contribution in [0.25, 0.3) is 0 Å². The van der Waals surface area contributed by atoms with Crippen LogP contribution >= 0.6 is 7.82 Å². The average Bonchev–Trinajstić information content (AvgIpc) is 2.61. The van der Waals surface area contributed by atoms with Crippen molar-refractivity contribution in [2.75, 3.05) is 0 Å². The molecule has 4 nitrogen and oxygen atoms in total. The van der Waals surface area contributed by atoms with Gasteiger partial charge in [0.15, 0.2) is 0 Å². The molecule has 0 radical (unpaired) electrons. The maximum atomic E-state index is 12.6. The van der Waals surface area contributed by atoms with Gasteiger partial charge in [-0.2, -0.15) is 0 Å². The first-order valence-corrected chi connectivity index (χ1v) is 11.0. The second-order valence-electron chi connectivity index (χ2n) is 8.09. The van der Waals surface area contributed by atoms with Crippen LogP contribution in [0.3, 0.4) is 0 Å². The van der Waals surface area contributed by atoms with Crippen molar-refractivity contribution in [1.82, 2.24) is 0 Å². The summed E-state index contributed by atoms with van der Waals surface area (Å²) in [7, 11) is -4.53. The molecule has 0 spiro atoms. The molecule has 0 saturated carbocycles. The zero-order valence-corrected chi connectivity index (χ0v) is 20.9. The summed E-state index contributed by atoms with van der Waals surface area (Å²) in [6.07, 6.45) is 1.40. The van der Waals surface area contributed by atoms with E-state index in [0.717, 1.165) is 22.3 Å². The van der Waals surface area contributed by atoms with Crippen LogP contribution in [-0.2, 0) is 17.4 Å². The molecule has 0 amide bonds. The maximum Gasteiger partial charge on any atom is 1.00 e. The van der Waals surface area contributed by atoms with E-state index in [0.29, 0.717) is 36.2 Å². The predicted octanol–water partition coefficient (Wildman–Crippen LogP) is 2.58. The van der Waals surface area contributed by atoms with Gasteiger partial charge in [-0.25, -0.2) is 4.57 Å². The van der Waals surface area contributed by atoms with E-state index in [2.05, 4.69) is 39.8 Å². The number of benzene rings is 2. The van der Waals surface area contributed by atoms with Crippen molar-refractivity contribution in [3.8, 4) is 11.5 Å². The Kier molecular flexibility index (Phi) is 7.50. The van der Waals surface area contributed by atoms with E-state index in [1.807, 2.05) is 26.0 Å². The second-order valence-corrected chi connectivity index (χ2v) is 9.35.